The van der Waals surface area contributed by atoms with Gasteiger partial charge in [0, 0.05) is 12.3 Å². The molecular formula is C10H9N5. The lowest BCUT2D eigenvalue weighted by Gasteiger charge is -1.94. The zero-order valence-electron chi connectivity index (χ0n) is 8.18. The van der Waals surface area contributed by atoms with E-state index in [1.807, 2.05) is 35.7 Å². The SMILES string of the molecule is Cc1nnc2cc(-c3ccccn3)[nH]n12. The average molecular weight is 199 g/mol. The Morgan fingerprint density at radius 2 is 2.20 bits per heavy atom. The van der Waals surface area contributed by atoms with Crippen molar-refractivity contribution >= 4 is 5.65 Å². The maximum Gasteiger partial charge on any atom is 0.177 e. The first-order valence-electron chi connectivity index (χ1n) is 4.67. The molecule has 74 valence electrons. The first-order valence-corrected chi connectivity index (χ1v) is 4.67. The monoisotopic (exact) mass is 199 g/mol. The topological polar surface area (TPSA) is 58.9 Å². The van der Waals surface area contributed by atoms with E-state index in [-0.39, 0.29) is 0 Å². The van der Waals surface area contributed by atoms with Crippen LogP contribution >= 0.6 is 0 Å². The van der Waals surface area contributed by atoms with Crippen molar-refractivity contribution in [2.24, 2.45) is 0 Å². The molecule has 0 fully saturated rings. The highest BCUT2D eigenvalue weighted by Gasteiger charge is 2.07. The average Bonchev–Trinajstić information content (AvgIpc) is 2.83. The van der Waals surface area contributed by atoms with Gasteiger partial charge in [-0.15, -0.1) is 10.2 Å². The molecule has 3 aromatic heterocycles. The zero-order valence-corrected chi connectivity index (χ0v) is 8.18. The molecule has 0 radical (unpaired) electrons. The van der Waals surface area contributed by atoms with Crippen LogP contribution in [-0.4, -0.2) is 24.8 Å². The highest BCUT2D eigenvalue weighted by molar-refractivity contribution is 5.60. The summed E-state index contributed by atoms with van der Waals surface area (Å²) in [6.45, 7) is 1.90. The second-order valence-electron chi connectivity index (χ2n) is 3.33. The fraction of sp³-hybridized carbons (Fsp3) is 0.100. The summed E-state index contributed by atoms with van der Waals surface area (Å²) in [5.41, 5.74) is 2.67. The fourth-order valence-corrected chi connectivity index (χ4v) is 1.55. The van der Waals surface area contributed by atoms with Gasteiger partial charge in [0.2, 0.25) is 0 Å². The number of aromatic nitrogens is 5. The minimum absolute atomic E-state index is 0.813. The maximum absolute atomic E-state index is 4.26. The predicted octanol–water partition coefficient (Wildman–Crippen LogP) is 1.43. The minimum atomic E-state index is 0.813. The van der Waals surface area contributed by atoms with Crippen molar-refractivity contribution in [3.05, 3.63) is 36.3 Å². The molecule has 0 unspecified atom stereocenters. The van der Waals surface area contributed by atoms with Crippen LogP contribution in [0.1, 0.15) is 5.82 Å². The summed E-state index contributed by atoms with van der Waals surface area (Å²) < 4.78 is 1.84. The van der Waals surface area contributed by atoms with Gasteiger partial charge in [0.15, 0.2) is 5.65 Å². The maximum atomic E-state index is 4.26. The fourth-order valence-electron chi connectivity index (χ4n) is 1.55. The molecule has 0 spiro atoms. The van der Waals surface area contributed by atoms with Gasteiger partial charge in [-0.05, 0) is 19.1 Å². The lowest BCUT2D eigenvalue weighted by atomic mass is 10.3. The molecule has 15 heavy (non-hydrogen) atoms. The number of rotatable bonds is 1. The molecule has 0 aromatic carbocycles. The van der Waals surface area contributed by atoms with Crippen molar-refractivity contribution in [3.63, 3.8) is 0 Å². The molecular weight excluding hydrogens is 190 g/mol. The summed E-state index contributed by atoms with van der Waals surface area (Å²) >= 11 is 0. The van der Waals surface area contributed by atoms with E-state index >= 15 is 0 Å². The van der Waals surface area contributed by atoms with Crippen LogP contribution < -0.4 is 0 Å². The quantitative estimate of drug-likeness (QED) is 0.645. The predicted molar refractivity (Wildman–Crippen MR) is 55.3 cm³/mol. The Morgan fingerprint density at radius 3 is 2.93 bits per heavy atom. The van der Waals surface area contributed by atoms with Gasteiger partial charge in [0.05, 0.1) is 11.4 Å². The second-order valence-corrected chi connectivity index (χ2v) is 3.33. The molecule has 0 aliphatic carbocycles. The Labute approximate surface area is 85.8 Å². The molecule has 5 heteroatoms. The third kappa shape index (κ3) is 1.20. The Hall–Kier alpha value is -2.17. The molecule has 3 heterocycles. The third-order valence-electron chi connectivity index (χ3n) is 2.30. The highest BCUT2D eigenvalue weighted by Crippen LogP contribution is 2.16. The van der Waals surface area contributed by atoms with Gasteiger partial charge in [-0.25, -0.2) is 4.52 Å². The van der Waals surface area contributed by atoms with Gasteiger partial charge >= 0.3 is 0 Å². The van der Waals surface area contributed by atoms with E-state index in [4.69, 9.17) is 0 Å². The highest BCUT2D eigenvalue weighted by atomic mass is 15.4. The van der Waals surface area contributed by atoms with E-state index in [1.54, 1.807) is 6.20 Å². The van der Waals surface area contributed by atoms with Gasteiger partial charge in [-0.2, -0.15) is 0 Å². The van der Waals surface area contributed by atoms with Gasteiger partial charge < -0.3 is 0 Å². The second kappa shape index (κ2) is 2.91. The summed E-state index contributed by atoms with van der Waals surface area (Å²) in [7, 11) is 0. The van der Waals surface area contributed by atoms with Crippen LogP contribution in [0.2, 0.25) is 0 Å². The summed E-state index contributed by atoms with van der Waals surface area (Å²) in [5, 5.41) is 11.2. The van der Waals surface area contributed by atoms with Crippen molar-refractivity contribution in [3.8, 4) is 11.4 Å². The van der Waals surface area contributed by atoms with Crippen LogP contribution in [0.15, 0.2) is 30.5 Å². The lowest BCUT2D eigenvalue weighted by Crippen LogP contribution is -1.89. The number of H-pyrrole nitrogens is 1. The Balaban J connectivity index is 2.20. The van der Waals surface area contributed by atoms with E-state index in [9.17, 15) is 0 Å². The van der Waals surface area contributed by atoms with E-state index in [1.165, 1.54) is 0 Å². The minimum Gasteiger partial charge on any atom is -0.289 e. The molecule has 0 aliphatic rings. The smallest absolute Gasteiger partial charge is 0.177 e. The standard InChI is InChI=1S/C10H9N5/c1-7-12-13-10-6-9(14-15(7)10)8-4-2-3-5-11-8/h2-6,14H,1H3. The van der Waals surface area contributed by atoms with Crippen molar-refractivity contribution < 1.29 is 0 Å². The zero-order chi connectivity index (χ0) is 10.3. The molecule has 1 N–H and O–H groups in total. The molecule has 0 aliphatic heterocycles. The van der Waals surface area contributed by atoms with E-state index in [2.05, 4.69) is 20.3 Å². The number of aryl methyl sites for hydroxylation is 1. The third-order valence-corrected chi connectivity index (χ3v) is 2.30. The molecule has 0 saturated carbocycles. The number of hydrogen-bond donors (Lipinski definition) is 1. The molecule has 0 bridgehead atoms. The van der Waals surface area contributed by atoms with Crippen LogP contribution in [0.3, 0.4) is 0 Å². The number of pyridine rings is 1. The van der Waals surface area contributed by atoms with E-state index in [0.717, 1.165) is 22.9 Å². The number of hydrogen-bond acceptors (Lipinski definition) is 3. The van der Waals surface area contributed by atoms with E-state index < -0.39 is 0 Å². The molecule has 0 atom stereocenters. The van der Waals surface area contributed by atoms with Crippen LogP contribution in [0.4, 0.5) is 0 Å². The molecule has 0 saturated heterocycles. The van der Waals surface area contributed by atoms with Crippen LogP contribution in [-0.2, 0) is 0 Å². The number of aromatic amines is 1. The first kappa shape index (κ1) is 8.16. The summed E-state index contributed by atoms with van der Waals surface area (Å²) in [6, 6.07) is 7.73. The molecule has 0 amide bonds. The molecule has 5 nitrogen and oxygen atoms in total. The number of fused-ring (bicyclic) bond motifs is 1. The normalized spacial score (nSPS) is 11.0. The van der Waals surface area contributed by atoms with Gasteiger partial charge in [0.1, 0.15) is 5.82 Å². The van der Waals surface area contributed by atoms with Crippen molar-refractivity contribution in [2.45, 2.75) is 6.92 Å². The first-order chi connectivity index (χ1) is 7.34. The summed E-state index contributed by atoms with van der Waals surface area (Å²) in [5.74, 6) is 0.840. The largest absolute Gasteiger partial charge is 0.289 e. The van der Waals surface area contributed by atoms with Crippen molar-refractivity contribution in [2.75, 3.05) is 0 Å². The van der Waals surface area contributed by atoms with Gasteiger partial charge in [-0.1, -0.05) is 6.07 Å². The van der Waals surface area contributed by atoms with Crippen LogP contribution in [0.5, 0.6) is 0 Å². The number of nitrogens with one attached hydrogen (secondary N) is 1. The lowest BCUT2D eigenvalue weighted by molar-refractivity contribution is 0.895. The van der Waals surface area contributed by atoms with Gasteiger partial charge in [0.25, 0.3) is 0 Å². The summed E-state index contributed by atoms with van der Waals surface area (Å²) in [4.78, 5) is 4.26. The van der Waals surface area contributed by atoms with Crippen molar-refractivity contribution in [1.82, 2.24) is 24.8 Å². The van der Waals surface area contributed by atoms with Gasteiger partial charge in [-0.3, -0.25) is 10.1 Å². The summed E-state index contributed by atoms with van der Waals surface area (Å²) in [6.07, 6.45) is 1.77. The van der Waals surface area contributed by atoms with Crippen molar-refractivity contribution in [1.29, 1.82) is 0 Å². The Morgan fingerprint density at radius 1 is 1.27 bits per heavy atom. The Kier molecular flexibility index (Phi) is 1.58. The van der Waals surface area contributed by atoms with E-state index in [0.29, 0.717) is 0 Å². The molecule has 3 rings (SSSR count). The molecule has 3 aromatic rings. The number of nitrogens with zero attached hydrogens (tertiary/aromatic N) is 4. The van der Waals surface area contributed by atoms with Crippen LogP contribution in [0.25, 0.3) is 17.0 Å². The Bertz CT molecular complexity index is 593. The van der Waals surface area contributed by atoms with Crippen LogP contribution in [0, 0.1) is 6.92 Å².